The van der Waals surface area contributed by atoms with Crippen LogP contribution in [0.25, 0.3) is 11.3 Å². The second-order valence-corrected chi connectivity index (χ2v) is 5.30. The summed E-state index contributed by atoms with van der Waals surface area (Å²) < 4.78 is 2.91. The van der Waals surface area contributed by atoms with E-state index in [4.69, 9.17) is 0 Å². The highest BCUT2D eigenvalue weighted by Gasteiger charge is 2.19. The van der Waals surface area contributed by atoms with E-state index in [1.807, 2.05) is 30.3 Å². The molecule has 0 aliphatic heterocycles. The molecule has 0 bridgehead atoms. The highest BCUT2D eigenvalue weighted by molar-refractivity contribution is 6.03. The average Bonchev–Trinajstić information content (AvgIpc) is 3.04. The molecule has 0 saturated carbocycles. The van der Waals surface area contributed by atoms with Crippen molar-refractivity contribution in [1.82, 2.24) is 19.2 Å². The van der Waals surface area contributed by atoms with Gasteiger partial charge < -0.3 is 5.32 Å². The van der Waals surface area contributed by atoms with E-state index >= 15 is 0 Å². The maximum Gasteiger partial charge on any atom is 0.275 e. The molecule has 0 unspecified atom stereocenters. The monoisotopic (exact) mass is 331 g/mol. The zero-order chi connectivity index (χ0) is 17.2. The van der Waals surface area contributed by atoms with E-state index in [1.165, 1.54) is 16.8 Å². The maximum absolute atomic E-state index is 12.8. The Morgan fingerprint density at radius 3 is 2.48 bits per heavy atom. The number of nitrogens with one attached hydrogen (secondary N) is 1. The van der Waals surface area contributed by atoms with Crippen LogP contribution >= 0.6 is 0 Å². The minimum atomic E-state index is -0.382. The van der Waals surface area contributed by atoms with Crippen LogP contribution in [-0.4, -0.2) is 25.1 Å². The van der Waals surface area contributed by atoms with Crippen LogP contribution in [0.1, 0.15) is 10.5 Å². The standard InChI is InChI=1S/C18H13N5O2/c24-17-9-11-20-16-12-14(18(25)21-15-8-4-5-10-19-15)22(23(16)17)13-6-2-1-3-7-13/h1-12H,(H,19,21,25). The molecule has 0 atom stereocenters. The average molecular weight is 331 g/mol. The van der Waals surface area contributed by atoms with Gasteiger partial charge in [0, 0.05) is 24.5 Å². The Labute approximate surface area is 142 Å². The molecule has 0 radical (unpaired) electrons. The lowest BCUT2D eigenvalue weighted by atomic mass is 10.3. The molecule has 0 spiro atoms. The van der Waals surface area contributed by atoms with Crippen molar-refractivity contribution >= 4 is 17.4 Å². The number of hydrogen-bond donors (Lipinski definition) is 1. The van der Waals surface area contributed by atoms with Gasteiger partial charge in [0.2, 0.25) is 0 Å². The number of para-hydroxylation sites is 1. The van der Waals surface area contributed by atoms with Crippen molar-refractivity contribution < 1.29 is 4.79 Å². The smallest absolute Gasteiger partial charge is 0.275 e. The van der Waals surface area contributed by atoms with E-state index in [0.717, 1.165) is 0 Å². The van der Waals surface area contributed by atoms with Crippen LogP contribution in [0.2, 0.25) is 0 Å². The maximum atomic E-state index is 12.8. The Hall–Kier alpha value is -3.74. The zero-order valence-corrected chi connectivity index (χ0v) is 13.0. The second-order valence-electron chi connectivity index (χ2n) is 5.30. The van der Waals surface area contributed by atoms with Crippen molar-refractivity contribution in [3.8, 4) is 5.69 Å². The summed E-state index contributed by atoms with van der Waals surface area (Å²) in [6, 6.07) is 17.3. The number of hydrogen-bond acceptors (Lipinski definition) is 4. The molecule has 0 aliphatic rings. The molecule has 0 aliphatic carbocycles. The number of rotatable bonds is 3. The van der Waals surface area contributed by atoms with Crippen molar-refractivity contribution in [2.75, 3.05) is 5.32 Å². The molecule has 122 valence electrons. The van der Waals surface area contributed by atoms with Crippen LogP contribution in [0.4, 0.5) is 5.82 Å². The van der Waals surface area contributed by atoms with Gasteiger partial charge in [-0.2, -0.15) is 4.52 Å². The largest absolute Gasteiger partial charge is 0.305 e. The molecule has 1 N–H and O–H groups in total. The van der Waals surface area contributed by atoms with E-state index < -0.39 is 0 Å². The lowest BCUT2D eigenvalue weighted by Crippen LogP contribution is -2.24. The normalized spacial score (nSPS) is 10.7. The summed E-state index contributed by atoms with van der Waals surface area (Å²) >= 11 is 0. The fourth-order valence-electron chi connectivity index (χ4n) is 2.61. The van der Waals surface area contributed by atoms with Crippen LogP contribution in [0.3, 0.4) is 0 Å². The Morgan fingerprint density at radius 2 is 1.72 bits per heavy atom. The summed E-state index contributed by atoms with van der Waals surface area (Å²) in [4.78, 5) is 33.4. The Morgan fingerprint density at radius 1 is 0.920 bits per heavy atom. The lowest BCUT2D eigenvalue weighted by molar-refractivity contribution is 0.101. The van der Waals surface area contributed by atoms with Crippen molar-refractivity contribution in [3.05, 3.63) is 89.1 Å². The molecule has 0 saturated heterocycles. The summed E-state index contributed by atoms with van der Waals surface area (Å²) in [7, 11) is 0. The van der Waals surface area contributed by atoms with Gasteiger partial charge >= 0.3 is 0 Å². The molecule has 4 aromatic rings. The predicted molar refractivity (Wildman–Crippen MR) is 93.0 cm³/mol. The number of aromatic nitrogens is 4. The number of nitrogens with zero attached hydrogens (tertiary/aromatic N) is 4. The first-order valence-electron chi connectivity index (χ1n) is 7.62. The summed E-state index contributed by atoms with van der Waals surface area (Å²) in [5, 5.41) is 2.73. The number of carbonyl (C=O) groups is 1. The summed E-state index contributed by atoms with van der Waals surface area (Å²) in [6.45, 7) is 0. The fourth-order valence-corrected chi connectivity index (χ4v) is 2.61. The highest BCUT2D eigenvalue weighted by atomic mass is 16.2. The van der Waals surface area contributed by atoms with Gasteiger partial charge in [0.1, 0.15) is 11.5 Å². The third kappa shape index (κ3) is 2.67. The van der Waals surface area contributed by atoms with Crippen LogP contribution in [0.15, 0.2) is 77.9 Å². The van der Waals surface area contributed by atoms with Gasteiger partial charge in [-0.25, -0.2) is 14.6 Å². The third-order valence-electron chi connectivity index (χ3n) is 3.68. The van der Waals surface area contributed by atoms with Crippen LogP contribution in [0.5, 0.6) is 0 Å². The van der Waals surface area contributed by atoms with Crippen LogP contribution < -0.4 is 10.9 Å². The topological polar surface area (TPSA) is 81.3 Å². The van der Waals surface area contributed by atoms with Gasteiger partial charge in [-0.15, -0.1) is 0 Å². The molecule has 1 aromatic carbocycles. The van der Waals surface area contributed by atoms with Gasteiger partial charge in [0.15, 0.2) is 5.65 Å². The van der Waals surface area contributed by atoms with E-state index in [1.54, 1.807) is 35.1 Å². The van der Waals surface area contributed by atoms with E-state index in [-0.39, 0.29) is 17.2 Å². The first-order chi connectivity index (χ1) is 12.2. The predicted octanol–water partition coefficient (Wildman–Crippen LogP) is 2.13. The second kappa shape index (κ2) is 6.04. The number of amides is 1. The van der Waals surface area contributed by atoms with Gasteiger partial charge in [-0.1, -0.05) is 24.3 Å². The summed E-state index contributed by atoms with van der Waals surface area (Å²) in [6.07, 6.45) is 3.02. The van der Waals surface area contributed by atoms with Crippen molar-refractivity contribution in [2.24, 2.45) is 0 Å². The number of pyridine rings is 1. The molecule has 3 aromatic heterocycles. The molecule has 3 heterocycles. The third-order valence-corrected chi connectivity index (χ3v) is 3.68. The number of fused-ring (bicyclic) bond motifs is 1. The van der Waals surface area contributed by atoms with Crippen LogP contribution in [-0.2, 0) is 0 Å². The number of anilines is 1. The highest BCUT2D eigenvalue weighted by Crippen LogP contribution is 2.16. The lowest BCUT2D eigenvalue weighted by Gasteiger charge is -2.10. The fraction of sp³-hybridized carbons (Fsp3) is 0. The van der Waals surface area contributed by atoms with Gasteiger partial charge in [0.25, 0.3) is 11.5 Å². The SMILES string of the molecule is O=C(Nc1ccccn1)c1cc2nccc(=O)n2n1-c1ccccc1. The van der Waals surface area contributed by atoms with Crippen molar-refractivity contribution in [2.45, 2.75) is 0 Å². The van der Waals surface area contributed by atoms with Gasteiger partial charge in [-0.05, 0) is 24.3 Å². The minimum Gasteiger partial charge on any atom is -0.305 e. The van der Waals surface area contributed by atoms with Gasteiger partial charge in [-0.3, -0.25) is 9.59 Å². The molecule has 1 amide bonds. The first-order valence-corrected chi connectivity index (χ1v) is 7.62. The van der Waals surface area contributed by atoms with Crippen molar-refractivity contribution in [1.29, 1.82) is 0 Å². The Balaban J connectivity index is 1.90. The Bertz CT molecular complexity index is 1100. The van der Waals surface area contributed by atoms with Crippen molar-refractivity contribution in [3.63, 3.8) is 0 Å². The number of benzene rings is 1. The van der Waals surface area contributed by atoms with Crippen LogP contribution in [0, 0.1) is 0 Å². The molecule has 4 rings (SSSR count). The minimum absolute atomic E-state index is 0.272. The first kappa shape index (κ1) is 14.8. The van der Waals surface area contributed by atoms with E-state index in [0.29, 0.717) is 17.2 Å². The van der Waals surface area contributed by atoms with E-state index in [2.05, 4.69) is 15.3 Å². The molecule has 25 heavy (non-hydrogen) atoms. The zero-order valence-electron chi connectivity index (χ0n) is 13.0. The van der Waals surface area contributed by atoms with Gasteiger partial charge in [0.05, 0.1) is 5.69 Å². The van der Waals surface area contributed by atoms with E-state index in [9.17, 15) is 9.59 Å². The molecule has 7 heteroatoms. The number of carbonyl (C=O) groups excluding carboxylic acids is 1. The molecule has 7 nitrogen and oxygen atoms in total. The quantitative estimate of drug-likeness (QED) is 0.623. The summed E-state index contributed by atoms with van der Waals surface area (Å²) in [5.41, 5.74) is 1.08. The summed E-state index contributed by atoms with van der Waals surface area (Å²) in [5.74, 6) is 0.0464. The molecular formula is C18H13N5O2. The molecular weight excluding hydrogens is 318 g/mol. The Kier molecular flexibility index (Phi) is 3.59. The molecule has 0 fully saturated rings.